The summed E-state index contributed by atoms with van der Waals surface area (Å²) in [6.07, 6.45) is -0.678. The van der Waals surface area contributed by atoms with Gasteiger partial charge in [0.25, 0.3) is 0 Å². The predicted molar refractivity (Wildman–Crippen MR) is 56.5 cm³/mol. The van der Waals surface area contributed by atoms with Crippen LogP contribution in [0.2, 0.25) is 0 Å². The van der Waals surface area contributed by atoms with Gasteiger partial charge >= 0.3 is 6.18 Å². The molecule has 0 spiro atoms. The van der Waals surface area contributed by atoms with Crippen LogP contribution in [0, 0.1) is 0 Å². The molecule has 90 valence electrons. The van der Waals surface area contributed by atoms with E-state index in [9.17, 15) is 13.2 Å². The highest BCUT2D eigenvalue weighted by Gasteiger charge is 2.27. The Bertz CT molecular complexity index is 344. The number of thiazole rings is 1. The Balaban J connectivity index is 1.68. The third-order valence-corrected chi connectivity index (χ3v) is 3.54. The maximum atomic E-state index is 11.8. The Labute approximate surface area is 95.9 Å². The predicted octanol–water partition coefficient (Wildman–Crippen LogP) is 3.06. The van der Waals surface area contributed by atoms with Gasteiger partial charge in [0.05, 0.1) is 11.4 Å². The molecule has 1 aliphatic carbocycles. The highest BCUT2D eigenvalue weighted by atomic mass is 32.1. The molecule has 0 saturated heterocycles. The summed E-state index contributed by atoms with van der Waals surface area (Å²) in [6.45, 7) is 0.459. The lowest BCUT2D eigenvalue weighted by Crippen LogP contribution is -2.20. The van der Waals surface area contributed by atoms with Crippen molar-refractivity contribution in [1.82, 2.24) is 10.3 Å². The summed E-state index contributed by atoms with van der Waals surface area (Å²) in [5.41, 5.74) is 0. The third-order valence-electron chi connectivity index (χ3n) is 2.38. The van der Waals surface area contributed by atoms with Crippen LogP contribution in [0.15, 0.2) is 6.20 Å². The van der Waals surface area contributed by atoms with Gasteiger partial charge in [0.1, 0.15) is 0 Å². The van der Waals surface area contributed by atoms with Crippen molar-refractivity contribution in [2.45, 2.75) is 37.9 Å². The molecule has 1 heterocycles. The van der Waals surface area contributed by atoms with Gasteiger partial charge in [-0.25, -0.2) is 4.98 Å². The van der Waals surface area contributed by atoms with Gasteiger partial charge in [-0.3, -0.25) is 0 Å². The van der Waals surface area contributed by atoms with E-state index in [0.717, 1.165) is 9.88 Å². The Morgan fingerprint density at radius 1 is 1.44 bits per heavy atom. The smallest absolute Gasteiger partial charge is 0.311 e. The Hall–Kier alpha value is -0.620. The van der Waals surface area contributed by atoms with Crippen LogP contribution in [0.4, 0.5) is 13.2 Å². The van der Waals surface area contributed by atoms with E-state index in [2.05, 4.69) is 10.3 Å². The van der Waals surface area contributed by atoms with Crippen LogP contribution in [0.5, 0.6) is 0 Å². The van der Waals surface area contributed by atoms with Gasteiger partial charge < -0.3 is 5.32 Å². The van der Waals surface area contributed by atoms with Crippen molar-refractivity contribution in [1.29, 1.82) is 0 Å². The first kappa shape index (κ1) is 11.9. The highest BCUT2D eigenvalue weighted by molar-refractivity contribution is 7.11. The highest BCUT2D eigenvalue weighted by Crippen LogP contribution is 2.41. The van der Waals surface area contributed by atoms with Crippen LogP contribution in [-0.2, 0) is 6.54 Å². The second-order valence-corrected chi connectivity index (χ2v) is 5.13. The molecule has 1 aromatic heterocycles. The average molecular weight is 250 g/mol. The fraction of sp³-hybridized carbons (Fsp3) is 0.700. The summed E-state index contributed by atoms with van der Waals surface area (Å²) >= 11 is 1.61. The van der Waals surface area contributed by atoms with Gasteiger partial charge in [-0.1, -0.05) is 0 Å². The number of nitrogens with one attached hydrogen (secondary N) is 1. The lowest BCUT2D eigenvalue weighted by atomic mass is 10.4. The van der Waals surface area contributed by atoms with E-state index in [4.69, 9.17) is 0 Å². The topological polar surface area (TPSA) is 24.9 Å². The lowest BCUT2D eigenvalue weighted by molar-refractivity contribution is -0.133. The summed E-state index contributed by atoms with van der Waals surface area (Å²) in [6, 6.07) is 0. The molecule has 2 rings (SSSR count). The first-order chi connectivity index (χ1) is 7.54. The number of hydrogen-bond acceptors (Lipinski definition) is 3. The van der Waals surface area contributed by atoms with Crippen LogP contribution in [0.25, 0.3) is 0 Å². The van der Waals surface area contributed by atoms with Crippen molar-refractivity contribution in [3.05, 3.63) is 16.1 Å². The zero-order valence-electron chi connectivity index (χ0n) is 8.68. The molecule has 0 aromatic carbocycles. The van der Waals surface area contributed by atoms with Gasteiger partial charge in [-0.05, 0) is 12.8 Å². The monoisotopic (exact) mass is 250 g/mol. The average Bonchev–Trinajstić information content (AvgIpc) is 2.93. The zero-order chi connectivity index (χ0) is 11.6. The molecule has 0 bridgehead atoms. The third kappa shape index (κ3) is 3.75. The summed E-state index contributed by atoms with van der Waals surface area (Å²) in [5, 5.41) is 3.91. The molecule has 0 unspecified atom stereocenters. The van der Waals surface area contributed by atoms with Crippen molar-refractivity contribution < 1.29 is 13.2 Å². The molecular weight excluding hydrogens is 237 g/mol. The van der Waals surface area contributed by atoms with Crippen LogP contribution in [0.1, 0.15) is 35.1 Å². The number of nitrogens with zero attached hydrogens (tertiary/aromatic N) is 1. The van der Waals surface area contributed by atoms with Crippen molar-refractivity contribution in [2.24, 2.45) is 0 Å². The Kier molecular flexibility index (Phi) is 3.49. The van der Waals surface area contributed by atoms with E-state index >= 15 is 0 Å². The fourth-order valence-electron chi connectivity index (χ4n) is 1.37. The number of aromatic nitrogens is 1. The molecule has 1 aliphatic rings. The molecule has 1 fully saturated rings. The molecule has 0 aliphatic heterocycles. The summed E-state index contributed by atoms with van der Waals surface area (Å²) in [5.74, 6) is 0.619. The van der Waals surface area contributed by atoms with E-state index in [1.54, 1.807) is 17.5 Å². The summed E-state index contributed by atoms with van der Waals surface area (Å²) < 4.78 is 35.5. The van der Waals surface area contributed by atoms with Crippen molar-refractivity contribution in [2.75, 3.05) is 6.54 Å². The molecule has 6 heteroatoms. The number of halogens is 3. The first-order valence-corrected chi connectivity index (χ1v) is 6.08. The minimum atomic E-state index is -4.07. The molecule has 2 nitrogen and oxygen atoms in total. The minimum Gasteiger partial charge on any atom is -0.311 e. The first-order valence-electron chi connectivity index (χ1n) is 5.27. The number of rotatable bonds is 5. The van der Waals surface area contributed by atoms with Crippen molar-refractivity contribution in [3.8, 4) is 0 Å². The van der Waals surface area contributed by atoms with E-state index in [-0.39, 0.29) is 6.54 Å². The quantitative estimate of drug-likeness (QED) is 0.812. The van der Waals surface area contributed by atoms with Crippen LogP contribution < -0.4 is 5.32 Å². The molecule has 0 radical (unpaired) electrons. The molecule has 1 N–H and O–H groups in total. The fourth-order valence-corrected chi connectivity index (χ4v) is 2.42. The number of hydrogen-bond donors (Lipinski definition) is 1. The van der Waals surface area contributed by atoms with Crippen molar-refractivity contribution in [3.63, 3.8) is 0 Å². The SMILES string of the molecule is FC(F)(F)CCNCc1cnc(C2CC2)s1. The zero-order valence-corrected chi connectivity index (χ0v) is 9.50. The van der Waals surface area contributed by atoms with Gasteiger partial charge in [0, 0.05) is 30.1 Å². The minimum absolute atomic E-state index is 0.0276. The Morgan fingerprint density at radius 3 is 2.81 bits per heavy atom. The molecule has 1 saturated carbocycles. The van der Waals surface area contributed by atoms with Gasteiger partial charge in [-0.2, -0.15) is 13.2 Å². The maximum absolute atomic E-state index is 11.8. The molecule has 0 atom stereocenters. The summed E-state index contributed by atoms with van der Waals surface area (Å²) in [7, 11) is 0. The van der Waals surface area contributed by atoms with Crippen LogP contribution >= 0.6 is 11.3 Å². The van der Waals surface area contributed by atoms with Crippen LogP contribution in [0.3, 0.4) is 0 Å². The normalized spacial score (nSPS) is 16.7. The standard InChI is InChI=1S/C10H13F3N2S/c11-10(12,13)3-4-14-5-8-6-15-9(16-8)7-1-2-7/h6-7,14H,1-5H2. The van der Waals surface area contributed by atoms with Gasteiger partial charge in [0.15, 0.2) is 0 Å². The second-order valence-electron chi connectivity index (χ2n) is 3.98. The second kappa shape index (κ2) is 4.71. The van der Waals surface area contributed by atoms with Crippen molar-refractivity contribution >= 4 is 11.3 Å². The summed E-state index contributed by atoms with van der Waals surface area (Å²) in [4.78, 5) is 5.28. The van der Waals surface area contributed by atoms with Gasteiger partial charge in [0.2, 0.25) is 0 Å². The molecule has 16 heavy (non-hydrogen) atoms. The van der Waals surface area contributed by atoms with Crippen LogP contribution in [-0.4, -0.2) is 17.7 Å². The molecule has 1 aromatic rings. The Morgan fingerprint density at radius 2 is 2.19 bits per heavy atom. The largest absolute Gasteiger partial charge is 0.390 e. The van der Waals surface area contributed by atoms with E-state index in [1.165, 1.54) is 12.8 Å². The van der Waals surface area contributed by atoms with E-state index < -0.39 is 12.6 Å². The van der Waals surface area contributed by atoms with Gasteiger partial charge in [-0.15, -0.1) is 11.3 Å². The maximum Gasteiger partial charge on any atom is 0.390 e. The molecular formula is C10H13F3N2S. The van der Waals surface area contributed by atoms with E-state index in [1.807, 2.05) is 0 Å². The number of alkyl halides is 3. The lowest BCUT2D eigenvalue weighted by Gasteiger charge is -2.06. The van der Waals surface area contributed by atoms with E-state index in [0.29, 0.717) is 12.5 Å². The molecule has 0 amide bonds.